The highest BCUT2D eigenvalue weighted by Gasteiger charge is 2.17. The smallest absolute Gasteiger partial charge is 0.273 e. The van der Waals surface area contributed by atoms with E-state index in [1.54, 1.807) is 6.92 Å². The quantitative estimate of drug-likeness (QED) is 0.648. The third kappa shape index (κ3) is 3.04. The molecule has 94 valence electrons. The summed E-state index contributed by atoms with van der Waals surface area (Å²) in [6.45, 7) is 3.43. The minimum Gasteiger partial charge on any atom is -0.351 e. The molecule has 0 fully saturated rings. The first kappa shape index (κ1) is 13.6. The molecule has 0 aliphatic heterocycles. The topological polar surface area (TPSA) is 96.0 Å². The van der Waals surface area contributed by atoms with Crippen LogP contribution in [0.5, 0.6) is 0 Å². The van der Waals surface area contributed by atoms with E-state index in [9.17, 15) is 14.9 Å². The maximum atomic E-state index is 11.8. The number of nitro benzene ring substituents is 1. The third-order valence-corrected chi connectivity index (χ3v) is 2.54. The van der Waals surface area contributed by atoms with Crippen molar-refractivity contribution >= 4 is 11.6 Å². The van der Waals surface area contributed by atoms with Gasteiger partial charge in [0.2, 0.25) is 0 Å². The summed E-state index contributed by atoms with van der Waals surface area (Å²) in [4.78, 5) is 22.0. The molecule has 0 aromatic heterocycles. The van der Waals surface area contributed by atoms with Gasteiger partial charge in [0.1, 0.15) is 0 Å². The average Bonchev–Trinajstić information content (AvgIpc) is 2.35. The Morgan fingerprint density at radius 2 is 2.28 bits per heavy atom. The van der Waals surface area contributed by atoms with Crippen LogP contribution in [0, 0.1) is 34.3 Å². The molecule has 1 unspecified atom stereocenters. The van der Waals surface area contributed by atoms with E-state index in [0.717, 1.165) is 0 Å². The van der Waals surface area contributed by atoms with Crippen LogP contribution in [0.3, 0.4) is 0 Å². The summed E-state index contributed by atoms with van der Waals surface area (Å²) in [5, 5.41) is 21.9. The molecule has 0 aliphatic rings. The zero-order valence-electron chi connectivity index (χ0n) is 10.1. The van der Waals surface area contributed by atoms with Crippen LogP contribution in [0.1, 0.15) is 22.8 Å². The van der Waals surface area contributed by atoms with Gasteiger partial charge in [-0.3, -0.25) is 14.9 Å². The lowest BCUT2D eigenvalue weighted by molar-refractivity contribution is -0.385. The van der Waals surface area contributed by atoms with Gasteiger partial charge in [-0.05, 0) is 19.9 Å². The van der Waals surface area contributed by atoms with E-state index in [4.69, 9.17) is 5.26 Å². The molecular formula is C12H13N3O3. The minimum absolute atomic E-state index is 0.0871. The highest BCUT2D eigenvalue weighted by molar-refractivity contribution is 5.96. The van der Waals surface area contributed by atoms with Crippen LogP contribution < -0.4 is 5.32 Å². The molecule has 0 spiro atoms. The Hall–Kier alpha value is -2.42. The second-order valence-electron chi connectivity index (χ2n) is 3.95. The maximum Gasteiger partial charge on any atom is 0.273 e. The van der Waals surface area contributed by atoms with Crippen LogP contribution in [0.15, 0.2) is 18.2 Å². The molecule has 1 rings (SSSR count). The second kappa shape index (κ2) is 5.77. The Balaban J connectivity index is 2.91. The van der Waals surface area contributed by atoms with Crippen molar-refractivity contribution in [3.8, 4) is 6.07 Å². The minimum atomic E-state index is -0.524. The molecule has 0 radical (unpaired) electrons. The molecule has 6 nitrogen and oxygen atoms in total. The largest absolute Gasteiger partial charge is 0.351 e. The van der Waals surface area contributed by atoms with Crippen molar-refractivity contribution in [2.24, 2.45) is 5.92 Å². The zero-order valence-corrected chi connectivity index (χ0v) is 10.1. The first-order valence-corrected chi connectivity index (χ1v) is 5.39. The zero-order chi connectivity index (χ0) is 13.7. The van der Waals surface area contributed by atoms with Gasteiger partial charge in [-0.15, -0.1) is 0 Å². The summed E-state index contributed by atoms with van der Waals surface area (Å²) in [5.74, 6) is -0.703. The monoisotopic (exact) mass is 247 g/mol. The third-order valence-electron chi connectivity index (χ3n) is 2.54. The first-order chi connectivity index (χ1) is 8.47. The number of nitriles is 1. The molecule has 1 aromatic rings. The molecule has 0 aliphatic carbocycles. The fourth-order valence-electron chi connectivity index (χ4n) is 1.45. The highest BCUT2D eigenvalue weighted by atomic mass is 16.6. The fraction of sp³-hybridized carbons (Fsp3) is 0.333. The number of rotatable bonds is 4. The van der Waals surface area contributed by atoms with Crippen molar-refractivity contribution in [3.05, 3.63) is 39.4 Å². The van der Waals surface area contributed by atoms with Crippen LogP contribution in [-0.2, 0) is 0 Å². The van der Waals surface area contributed by atoms with Crippen molar-refractivity contribution in [2.45, 2.75) is 13.8 Å². The van der Waals surface area contributed by atoms with Crippen molar-refractivity contribution in [3.63, 3.8) is 0 Å². The lowest BCUT2D eigenvalue weighted by Crippen LogP contribution is -2.28. The van der Waals surface area contributed by atoms with E-state index in [-0.39, 0.29) is 23.7 Å². The Kier molecular flexibility index (Phi) is 4.38. The van der Waals surface area contributed by atoms with Gasteiger partial charge in [-0.2, -0.15) is 5.26 Å². The second-order valence-corrected chi connectivity index (χ2v) is 3.95. The number of nitro groups is 1. The predicted octanol–water partition coefficient (Wildman–Crippen LogP) is 1.79. The van der Waals surface area contributed by atoms with E-state index in [0.29, 0.717) is 5.56 Å². The number of hydrogen-bond donors (Lipinski definition) is 1. The normalized spacial score (nSPS) is 11.4. The van der Waals surface area contributed by atoms with Gasteiger partial charge in [0, 0.05) is 23.7 Å². The van der Waals surface area contributed by atoms with E-state index < -0.39 is 10.8 Å². The van der Waals surface area contributed by atoms with Crippen LogP contribution in [0.25, 0.3) is 0 Å². The van der Waals surface area contributed by atoms with Crippen LogP contribution >= 0.6 is 0 Å². The summed E-state index contributed by atoms with van der Waals surface area (Å²) >= 11 is 0. The summed E-state index contributed by atoms with van der Waals surface area (Å²) in [6.07, 6.45) is 0. The molecule has 1 N–H and O–H groups in total. The van der Waals surface area contributed by atoms with Gasteiger partial charge < -0.3 is 5.32 Å². The number of carbonyl (C=O) groups excluding carboxylic acids is 1. The lowest BCUT2D eigenvalue weighted by atomic mass is 10.1. The summed E-state index contributed by atoms with van der Waals surface area (Å²) in [6, 6.07) is 6.33. The predicted molar refractivity (Wildman–Crippen MR) is 64.9 cm³/mol. The Bertz CT molecular complexity index is 520. The summed E-state index contributed by atoms with van der Waals surface area (Å²) < 4.78 is 0. The van der Waals surface area contributed by atoms with Gasteiger partial charge in [-0.25, -0.2) is 0 Å². The lowest BCUT2D eigenvalue weighted by Gasteiger charge is -2.08. The molecule has 0 saturated carbocycles. The van der Waals surface area contributed by atoms with Crippen LogP contribution in [-0.4, -0.2) is 17.4 Å². The molecule has 6 heteroatoms. The van der Waals surface area contributed by atoms with E-state index in [1.165, 1.54) is 25.1 Å². The summed E-state index contributed by atoms with van der Waals surface area (Å²) in [5.41, 5.74) is 0.495. The van der Waals surface area contributed by atoms with Gasteiger partial charge in [-0.1, -0.05) is 6.07 Å². The molecule has 18 heavy (non-hydrogen) atoms. The number of amides is 1. The number of carbonyl (C=O) groups is 1. The molecule has 1 amide bonds. The molecule has 0 bridgehead atoms. The molecule has 0 saturated heterocycles. The fourth-order valence-corrected chi connectivity index (χ4v) is 1.45. The van der Waals surface area contributed by atoms with E-state index in [1.807, 2.05) is 6.07 Å². The van der Waals surface area contributed by atoms with E-state index in [2.05, 4.69) is 5.32 Å². The van der Waals surface area contributed by atoms with Crippen molar-refractivity contribution in [1.82, 2.24) is 5.32 Å². The van der Waals surface area contributed by atoms with Gasteiger partial charge in [0.15, 0.2) is 0 Å². The van der Waals surface area contributed by atoms with Gasteiger partial charge in [0.05, 0.1) is 16.9 Å². The number of benzene rings is 1. The molecule has 1 atom stereocenters. The average molecular weight is 247 g/mol. The van der Waals surface area contributed by atoms with Crippen LogP contribution in [0.4, 0.5) is 5.69 Å². The Labute approximate surface area is 104 Å². The van der Waals surface area contributed by atoms with Gasteiger partial charge >= 0.3 is 0 Å². The maximum absolute atomic E-state index is 11.8. The Morgan fingerprint density at radius 3 is 2.83 bits per heavy atom. The number of nitrogens with one attached hydrogen (secondary N) is 1. The molecule has 1 aromatic carbocycles. The first-order valence-electron chi connectivity index (χ1n) is 5.39. The van der Waals surface area contributed by atoms with Crippen LogP contribution in [0.2, 0.25) is 0 Å². The van der Waals surface area contributed by atoms with Gasteiger partial charge in [0.25, 0.3) is 11.6 Å². The van der Waals surface area contributed by atoms with Crippen molar-refractivity contribution in [2.75, 3.05) is 6.54 Å². The SMILES string of the molecule is Cc1c(C(=O)NCC(C)C#N)cccc1[N+](=O)[O-]. The Morgan fingerprint density at radius 1 is 1.61 bits per heavy atom. The standard InChI is InChI=1S/C12H13N3O3/c1-8(6-13)7-14-12(16)10-4-3-5-11(9(10)2)15(17)18/h3-5,8H,7H2,1-2H3,(H,14,16). The number of hydrogen-bond acceptors (Lipinski definition) is 4. The van der Waals surface area contributed by atoms with Crippen molar-refractivity contribution in [1.29, 1.82) is 5.26 Å². The molecule has 0 heterocycles. The van der Waals surface area contributed by atoms with Crippen molar-refractivity contribution < 1.29 is 9.72 Å². The summed E-state index contributed by atoms with van der Waals surface area (Å²) in [7, 11) is 0. The highest BCUT2D eigenvalue weighted by Crippen LogP contribution is 2.20. The molecular weight excluding hydrogens is 234 g/mol. The van der Waals surface area contributed by atoms with E-state index >= 15 is 0 Å². The number of nitrogens with zero attached hydrogens (tertiary/aromatic N) is 2.